The first-order valence-corrected chi connectivity index (χ1v) is 11.9. The first-order chi connectivity index (χ1) is 16.8. The maximum absolute atomic E-state index is 13.7. The molecule has 6 heteroatoms. The van der Waals surface area contributed by atoms with Gasteiger partial charge in [-0.25, -0.2) is 4.79 Å². The highest BCUT2D eigenvalue weighted by molar-refractivity contribution is 5.89. The Bertz CT molecular complexity index is 1300. The fourth-order valence-corrected chi connectivity index (χ4v) is 5.30. The topological polar surface area (TPSA) is 84.9 Å². The zero-order chi connectivity index (χ0) is 24.7. The van der Waals surface area contributed by atoms with Gasteiger partial charge in [0, 0.05) is 18.1 Å². The molecule has 3 aromatic rings. The Labute approximate surface area is 204 Å². The van der Waals surface area contributed by atoms with Gasteiger partial charge in [-0.15, -0.1) is 0 Å². The van der Waals surface area contributed by atoms with E-state index in [2.05, 4.69) is 30.4 Å². The number of aromatic carboxylic acids is 1. The van der Waals surface area contributed by atoms with E-state index in [1.165, 1.54) is 11.1 Å². The van der Waals surface area contributed by atoms with Crippen LogP contribution in [0.15, 0.2) is 60.7 Å². The van der Waals surface area contributed by atoms with Crippen molar-refractivity contribution in [2.24, 2.45) is 0 Å². The maximum atomic E-state index is 13.7. The highest BCUT2D eigenvalue weighted by Gasteiger charge is 2.42. The Hall–Kier alpha value is -3.80. The van der Waals surface area contributed by atoms with E-state index in [0.717, 1.165) is 29.5 Å². The van der Waals surface area contributed by atoms with Crippen molar-refractivity contribution in [1.82, 2.24) is 5.32 Å². The lowest BCUT2D eigenvalue weighted by Crippen LogP contribution is -2.44. The van der Waals surface area contributed by atoms with Crippen LogP contribution in [0.5, 0.6) is 11.5 Å². The predicted molar refractivity (Wildman–Crippen MR) is 132 cm³/mol. The molecule has 2 aliphatic rings. The number of amides is 1. The van der Waals surface area contributed by atoms with E-state index in [-0.39, 0.29) is 23.6 Å². The summed E-state index contributed by atoms with van der Waals surface area (Å²) in [6.45, 7) is 4.10. The van der Waals surface area contributed by atoms with Crippen molar-refractivity contribution in [2.45, 2.75) is 50.7 Å². The summed E-state index contributed by atoms with van der Waals surface area (Å²) in [6.07, 6.45) is 1.86. The second-order valence-corrected chi connectivity index (χ2v) is 9.69. The fourth-order valence-electron chi connectivity index (χ4n) is 5.30. The minimum absolute atomic E-state index is 0.00810. The highest BCUT2D eigenvalue weighted by Crippen LogP contribution is 2.44. The van der Waals surface area contributed by atoms with Gasteiger partial charge in [-0.2, -0.15) is 0 Å². The lowest BCUT2D eigenvalue weighted by Gasteiger charge is -2.35. The van der Waals surface area contributed by atoms with Gasteiger partial charge in [-0.05, 0) is 67.6 Å². The number of aryl methyl sites for hydroxylation is 2. The van der Waals surface area contributed by atoms with Gasteiger partial charge >= 0.3 is 5.97 Å². The molecule has 1 amide bonds. The summed E-state index contributed by atoms with van der Waals surface area (Å²) in [5, 5.41) is 12.6. The second-order valence-electron chi connectivity index (χ2n) is 9.69. The van der Waals surface area contributed by atoms with Crippen LogP contribution in [0.1, 0.15) is 70.1 Å². The van der Waals surface area contributed by atoms with Gasteiger partial charge in [0.15, 0.2) is 0 Å². The molecule has 6 nitrogen and oxygen atoms in total. The largest absolute Gasteiger partial charge is 0.497 e. The molecule has 0 fully saturated rings. The lowest BCUT2D eigenvalue weighted by atomic mass is 9.82. The van der Waals surface area contributed by atoms with Crippen LogP contribution in [0.2, 0.25) is 0 Å². The molecule has 0 saturated carbocycles. The van der Waals surface area contributed by atoms with Gasteiger partial charge in [-0.3, -0.25) is 4.79 Å². The van der Waals surface area contributed by atoms with Gasteiger partial charge in [-0.1, -0.05) is 35.9 Å². The Morgan fingerprint density at radius 1 is 1.09 bits per heavy atom. The van der Waals surface area contributed by atoms with Gasteiger partial charge in [0.25, 0.3) is 0 Å². The lowest BCUT2D eigenvalue weighted by molar-refractivity contribution is -0.127. The molecule has 0 unspecified atom stereocenters. The Balaban J connectivity index is 1.46. The molecule has 0 saturated heterocycles. The molecule has 1 aliphatic heterocycles. The van der Waals surface area contributed by atoms with Crippen molar-refractivity contribution in [1.29, 1.82) is 0 Å². The molecule has 180 valence electrons. The predicted octanol–water partition coefficient (Wildman–Crippen LogP) is 5.29. The third kappa shape index (κ3) is 4.14. The summed E-state index contributed by atoms with van der Waals surface area (Å²) in [5.41, 5.74) is 4.95. The molecule has 3 aromatic carbocycles. The van der Waals surface area contributed by atoms with Gasteiger partial charge in [0.2, 0.25) is 5.91 Å². The van der Waals surface area contributed by atoms with Gasteiger partial charge in [0.1, 0.15) is 17.6 Å². The van der Waals surface area contributed by atoms with Gasteiger partial charge in [0.05, 0.1) is 24.1 Å². The van der Waals surface area contributed by atoms with E-state index in [1.54, 1.807) is 31.4 Å². The minimum atomic E-state index is -0.971. The van der Waals surface area contributed by atoms with Crippen LogP contribution in [0.25, 0.3) is 0 Å². The van der Waals surface area contributed by atoms with Crippen LogP contribution in [0.4, 0.5) is 0 Å². The molecular formula is C29H29NO5. The Morgan fingerprint density at radius 3 is 2.57 bits per heavy atom. The van der Waals surface area contributed by atoms with E-state index < -0.39 is 11.4 Å². The highest BCUT2D eigenvalue weighted by atomic mass is 16.5. The summed E-state index contributed by atoms with van der Waals surface area (Å²) in [4.78, 5) is 25.0. The van der Waals surface area contributed by atoms with Crippen LogP contribution in [-0.4, -0.2) is 24.1 Å². The van der Waals surface area contributed by atoms with Crippen molar-refractivity contribution in [3.05, 3.63) is 94.0 Å². The summed E-state index contributed by atoms with van der Waals surface area (Å²) >= 11 is 0. The first kappa shape index (κ1) is 23.0. The van der Waals surface area contributed by atoms with Crippen molar-refractivity contribution in [2.75, 3.05) is 7.11 Å². The van der Waals surface area contributed by atoms with E-state index in [1.807, 2.05) is 25.1 Å². The van der Waals surface area contributed by atoms with Crippen LogP contribution in [0.3, 0.4) is 0 Å². The third-order valence-corrected chi connectivity index (χ3v) is 7.40. The molecule has 1 aliphatic carbocycles. The summed E-state index contributed by atoms with van der Waals surface area (Å²) in [5.74, 6) is 0.360. The number of benzene rings is 3. The summed E-state index contributed by atoms with van der Waals surface area (Å²) in [7, 11) is 1.60. The number of rotatable bonds is 5. The molecular weight excluding hydrogens is 442 g/mol. The van der Waals surface area contributed by atoms with Crippen LogP contribution < -0.4 is 14.8 Å². The number of ether oxygens (including phenoxy) is 2. The average Bonchev–Trinajstić information content (AvgIpc) is 3.20. The van der Waals surface area contributed by atoms with Crippen LogP contribution in [-0.2, 0) is 16.6 Å². The minimum Gasteiger partial charge on any atom is -0.497 e. The second kappa shape index (κ2) is 8.77. The van der Waals surface area contributed by atoms with E-state index in [4.69, 9.17) is 9.47 Å². The number of methoxy groups -OCH3 is 1. The van der Waals surface area contributed by atoms with E-state index >= 15 is 0 Å². The zero-order valence-electron chi connectivity index (χ0n) is 20.1. The molecule has 0 bridgehead atoms. The maximum Gasteiger partial charge on any atom is 0.335 e. The summed E-state index contributed by atoms with van der Waals surface area (Å²) in [6, 6.07) is 18.4. The zero-order valence-corrected chi connectivity index (χ0v) is 20.1. The number of carboxylic acid groups (broad SMARTS) is 1. The SMILES string of the molecule is COc1ccc2c(c1)O[C@@H](c1ccc(C(=O)O)cc1)C[C@H]2NC(=O)[C@]1(C)CCc2cc(C)ccc21. The molecule has 5 rings (SSSR count). The number of hydrogen-bond donors (Lipinski definition) is 2. The summed E-state index contributed by atoms with van der Waals surface area (Å²) < 4.78 is 11.7. The fraction of sp³-hybridized carbons (Fsp3) is 0.310. The molecule has 3 atom stereocenters. The smallest absolute Gasteiger partial charge is 0.335 e. The number of carbonyl (C=O) groups is 2. The molecule has 0 spiro atoms. The number of fused-ring (bicyclic) bond motifs is 2. The van der Waals surface area contributed by atoms with Crippen LogP contribution >= 0.6 is 0 Å². The number of carbonyl (C=O) groups excluding carboxylic acids is 1. The van der Waals surface area contributed by atoms with E-state index in [0.29, 0.717) is 17.9 Å². The van der Waals surface area contributed by atoms with Crippen molar-refractivity contribution in [3.63, 3.8) is 0 Å². The van der Waals surface area contributed by atoms with Gasteiger partial charge < -0.3 is 19.9 Å². The molecule has 0 aromatic heterocycles. The number of carboxylic acids is 1. The van der Waals surface area contributed by atoms with Crippen LogP contribution in [0, 0.1) is 6.92 Å². The molecule has 2 N–H and O–H groups in total. The standard InChI is InChI=1S/C29H29NO5/c1-17-4-11-23-20(14-17)12-13-29(23,2)28(33)30-24-16-25(18-5-7-19(8-6-18)27(31)32)35-26-15-21(34-3)9-10-22(24)26/h4-11,14-15,24-25H,12-13,16H2,1-3H3,(H,30,33)(H,31,32)/t24-,25-,29-/m1/s1. The quantitative estimate of drug-likeness (QED) is 0.528. The Morgan fingerprint density at radius 2 is 1.86 bits per heavy atom. The first-order valence-electron chi connectivity index (χ1n) is 11.9. The average molecular weight is 472 g/mol. The van der Waals surface area contributed by atoms with Crippen molar-refractivity contribution >= 4 is 11.9 Å². The Kier molecular flexibility index (Phi) is 5.75. The molecule has 0 radical (unpaired) electrons. The monoisotopic (exact) mass is 471 g/mol. The third-order valence-electron chi connectivity index (χ3n) is 7.40. The molecule has 35 heavy (non-hydrogen) atoms. The number of nitrogens with one attached hydrogen (secondary N) is 1. The van der Waals surface area contributed by atoms with E-state index in [9.17, 15) is 14.7 Å². The normalized spacial score (nSPS) is 22.5. The van der Waals surface area contributed by atoms with Crippen molar-refractivity contribution in [3.8, 4) is 11.5 Å². The van der Waals surface area contributed by atoms with Crippen molar-refractivity contribution < 1.29 is 24.2 Å². The number of hydrogen-bond acceptors (Lipinski definition) is 4. The molecule has 1 heterocycles.